The summed E-state index contributed by atoms with van der Waals surface area (Å²) in [7, 11) is 0. The summed E-state index contributed by atoms with van der Waals surface area (Å²) >= 11 is 0. The third-order valence-corrected chi connectivity index (χ3v) is 4.36. The number of amides is 1. The molecule has 0 saturated heterocycles. The van der Waals surface area contributed by atoms with Crippen molar-refractivity contribution in [2.24, 2.45) is 5.41 Å². The fourth-order valence-electron chi connectivity index (χ4n) is 3.03. The van der Waals surface area contributed by atoms with E-state index in [-0.39, 0.29) is 17.4 Å². The molecule has 1 aromatic heterocycles. The van der Waals surface area contributed by atoms with Gasteiger partial charge < -0.3 is 11.1 Å². The number of nitrogens with two attached hydrogens (primary N) is 1. The number of hydrogen-bond acceptors (Lipinski definition) is 3. The number of hydrogen-bond donors (Lipinski definition) is 3. The van der Waals surface area contributed by atoms with Gasteiger partial charge in [-0.25, -0.2) is 0 Å². The van der Waals surface area contributed by atoms with Crippen LogP contribution in [0.3, 0.4) is 0 Å². The van der Waals surface area contributed by atoms with E-state index in [2.05, 4.69) is 29.4 Å². The maximum absolute atomic E-state index is 12.4. The number of anilines is 1. The Balaban J connectivity index is 1.88. The molecule has 20 heavy (non-hydrogen) atoms. The van der Waals surface area contributed by atoms with Gasteiger partial charge in [-0.2, -0.15) is 5.10 Å². The first-order valence-electron chi connectivity index (χ1n) is 7.02. The lowest BCUT2D eigenvalue weighted by atomic mass is 9.87. The van der Waals surface area contributed by atoms with Gasteiger partial charge in [0.1, 0.15) is 0 Å². The molecular formula is C15H20N4O. The molecule has 3 rings (SSSR count). The predicted octanol–water partition coefficient (Wildman–Crippen LogP) is 2.45. The maximum atomic E-state index is 12.4. The summed E-state index contributed by atoms with van der Waals surface area (Å²) in [5.74, 6) is -0.123. The van der Waals surface area contributed by atoms with Gasteiger partial charge >= 0.3 is 0 Å². The second-order valence-electron chi connectivity index (χ2n) is 6.28. The van der Waals surface area contributed by atoms with Gasteiger partial charge in [0.2, 0.25) is 0 Å². The Morgan fingerprint density at radius 1 is 1.50 bits per heavy atom. The van der Waals surface area contributed by atoms with Crippen molar-refractivity contribution in [1.29, 1.82) is 0 Å². The molecule has 1 aliphatic rings. The molecule has 1 aromatic carbocycles. The standard InChI is InChI=1S/C15H20N4O/c1-15(2)7-3-4-12(15)17-14(20)13-10-8-9(16)5-6-11(10)18-19-13/h5-6,8,12H,3-4,7,16H2,1-2H3,(H,17,20)(H,18,19). The maximum Gasteiger partial charge on any atom is 0.272 e. The largest absolute Gasteiger partial charge is 0.399 e. The Labute approximate surface area is 117 Å². The molecule has 1 amide bonds. The van der Waals surface area contributed by atoms with Gasteiger partial charge in [0.15, 0.2) is 5.69 Å². The number of aromatic nitrogens is 2. The number of carbonyl (C=O) groups is 1. The summed E-state index contributed by atoms with van der Waals surface area (Å²) in [6, 6.07) is 5.63. The van der Waals surface area contributed by atoms with Crippen molar-refractivity contribution in [3.63, 3.8) is 0 Å². The average Bonchev–Trinajstić information content (AvgIpc) is 2.93. The predicted molar refractivity (Wildman–Crippen MR) is 79.4 cm³/mol. The number of fused-ring (bicyclic) bond motifs is 1. The van der Waals surface area contributed by atoms with E-state index in [0.717, 1.165) is 30.2 Å². The minimum atomic E-state index is -0.123. The van der Waals surface area contributed by atoms with Crippen molar-refractivity contribution in [3.8, 4) is 0 Å². The topological polar surface area (TPSA) is 83.8 Å². The van der Waals surface area contributed by atoms with Gasteiger partial charge in [-0.1, -0.05) is 20.3 Å². The molecule has 1 unspecified atom stereocenters. The van der Waals surface area contributed by atoms with Crippen molar-refractivity contribution >= 4 is 22.5 Å². The molecule has 1 atom stereocenters. The lowest BCUT2D eigenvalue weighted by Gasteiger charge is -2.27. The van der Waals surface area contributed by atoms with Crippen LogP contribution >= 0.6 is 0 Å². The van der Waals surface area contributed by atoms with Crippen molar-refractivity contribution in [2.45, 2.75) is 39.2 Å². The zero-order valence-corrected chi connectivity index (χ0v) is 11.9. The molecule has 1 aliphatic carbocycles. The number of aromatic amines is 1. The molecule has 106 valence electrons. The second kappa shape index (κ2) is 4.51. The van der Waals surface area contributed by atoms with E-state index in [0.29, 0.717) is 11.4 Å². The number of nitrogens with one attached hydrogen (secondary N) is 2. The van der Waals surface area contributed by atoms with Gasteiger partial charge in [-0.3, -0.25) is 9.89 Å². The number of nitrogen functional groups attached to an aromatic ring is 1. The normalized spacial score (nSPS) is 21.2. The van der Waals surface area contributed by atoms with Gasteiger partial charge in [0.25, 0.3) is 5.91 Å². The molecular weight excluding hydrogens is 252 g/mol. The van der Waals surface area contributed by atoms with Crippen LogP contribution in [0.5, 0.6) is 0 Å². The highest BCUT2D eigenvalue weighted by atomic mass is 16.2. The average molecular weight is 272 g/mol. The van der Waals surface area contributed by atoms with E-state index in [4.69, 9.17) is 5.73 Å². The van der Waals surface area contributed by atoms with Crippen LogP contribution in [0.4, 0.5) is 5.69 Å². The van der Waals surface area contributed by atoms with Crippen LogP contribution in [0.25, 0.3) is 10.9 Å². The summed E-state index contributed by atoms with van der Waals surface area (Å²) in [6.07, 6.45) is 3.33. The van der Waals surface area contributed by atoms with Crippen LogP contribution in [0, 0.1) is 5.41 Å². The Morgan fingerprint density at radius 3 is 3.00 bits per heavy atom. The van der Waals surface area contributed by atoms with Gasteiger partial charge in [-0.15, -0.1) is 0 Å². The first kappa shape index (κ1) is 13.0. The van der Waals surface area contributed by atoms with E-state index in [1.165, 1.54) is 0 Å². The molecule has 2 aromatic rings. The Kier molecular flexibility index (Phi) is 2.92. The van der Waals surface area contributed by atoms with E-state index >= 15 is 0 Å². The molecule has 4 N–H and O–H groups in total. The fraction of sp³-hybridized carbons (Fsp3) is 0.467. The van der Waals surface area contributed by atoms with Crippen LogP contribution < -0.4 is 11.1 Å². The van der Waals surface area contributed by atoms with Gasteiger partial charge in [0.05, 0.1) is 5.52 Å². The molecule has 0 aliphatic heterocycles. The molecule has 1 heterocycles. The Morgan fingerprint density at radius 2 is 2.30 bits per heavy atom. The van der Waals surface area contributed by atoms with Crippen molar-refractivity contribution in [2.75, 3.05) is 5.73 Å². The molecule has 0 bridgehead atoms. The molecule has 1 fully saturated rings. The smallest absolute Gasteiger partial charge is 0.272 e. The Bertz CT molecular complexity index is 659. The van der Waals surface area contributed by atoms with Crippen molar-refractivity contribution < 1.29 is 4.79 Å². The summed E-state index contributed by atoms with van der Waals surface area (Å²) in [4.78, 5) is 12.4. The number of rotatable bonds is 2. The minimum Gasteiger partial charge on any atom is -0.399 e. The second-order valence-corrected chi connectivity index (χ2v) is 6.28. The summed E-state index contributed by atoms with van der Waals surface area (Å²) in [6.45, 7) is 4.40. The first-order chi connectivity index (χ1) is 9.47. The highest BCUT2D eigenvalue weighted by molar-refractivity contribution is 6.05. The van der Waals surface area contributed by atoms with E-state index in [1.807, 2.05) is 6.07 Å². The monoisotopic (exact) mass is 272 g/mol. The lowest BCUT2D eigenvalue weighted by Crippen LogP contribution is -2.41. The van der Waals surface area contributed by atoms with Crippen molar-refractivity contribution in [1.82, 2.24) is 15.5 Å². The molecule has 5 heteroatoms. The molecule has 0 spiro atoms. The van der Waals surface area contributed by atoms with E-state index in [1.54, 1.807) is 12.1 Å². The first-order valence-corrected chi connectivity index (χ1v) is 7.02. The summed E-state index contributed by atoms with van der Waals surface area (Å²) < 4.78 is 0. The molecule has 1 saturated carbocycles. The van der Waals surface area contributed by atoms with E-state index in [9.17, 15) is 4.79 Å². The summed E-state index contributed by atoms with van der Waals surface area (Å²) in [5.41, 5.74) is 7.83. The third kappa shape index (κ3) is 2.13. The minimum absolute atomic E-state index is 0.123. The van der Waals surface area contributed by atoms with Crippen LogP contribution in [0.2, 0.25) is 0 Å². The van der Waals surface area contributed by atoms with Gasteiger partial charge in [-0.05, 0) is 36.5 Å². The lowest BCUT2D eigenvalue weighted by molar-refractivity contribution is 0.0906. The number of carbonyl (C=O) groups excluding carboxylic acids is 1. The van der Waals surface area contributed by atoms with Crippen LogP contribution in [-0.2, 0) is 0 Å². The quantitative estimate of drug-likeness (QED) is 0.734. The van der Waals surface area contributed by atoms with Crippen LogP contribution in [0.1, 0.15) is 43.6 Å². The van der Waals surface area contributed by atoms with Gasteiger partial charge in [0, 0.05) is 17.1 Å². The SMILES string of the molecule is CC1(C)CCCC1NC(=O)c1n[nH]c2ccc(N)cc12. The molecule has 5 nitrogen and oxygen atoms in total. The van der Waals surface area contributed by atoms with E-state index < -0.39 is 0 Å². The van der Waals surface area contributed by atoms with Crippen molar-refractivity contribution in [3.05, 3.63) is 23.9 Å². The number of benzene rings is 1. The highest BCUT2D eigenvalue weighted by Crippen LogP contribution is 2.37. The fourth-order valence-corrected chi connectivity index (χ4v) is 3.03. The molecule has 0 radical (unpaired) electrons. The van der Waals surface area contributed by atoms with Crippen LogP contribution in [0.15, 0.2) is 18.2 Å². The zero-order chi connectivity index (χ0) is 14.3. The van der Waals surface area contributed by atoms with Crippen LogP contribution in [-0.4, -0.2) is 22.1 Å². The third-order valence-electron chi connectivity index (χ3n) is 4.36. The Hall–Kier alpha value is -2.04. The highest BCUT2D eigenvalue weighted by Gasteiger charge is 2.35. The number of H-pyrrole nitrogens is 1. The zero-order valence-electron chi connectivity index (χ0n) is 11.9. The number of nitrogens with zero attached hydrogens (tertiary/aromatic N) is 1. The summed E-state index contributed by atoms with van der Waals surface area (Å²) in [5, 5.41) is 10.9.